The predicted molar refractivity (Wildman–Crippen MR) is 98.9 cm³/mol. The molecule has 25 heavy (non-hydrogen) atoms. The van der Waals surface area contributed by atoms with Gasteiger partial charge in [0.05, 0.1) is 18.2 Å². The van der Waals surface area contributed by atoms with Gasteiger partial charge in [-0.25, -0.2) is 0 Å². The molecule has 2 atom stereocenters. The highest BCUT2D eigenvalue weighted by Gasteiger charge is 2.46. The molecule has 2 aliphatic heterocycles. The molecular formula is C20H30N2O3. The SMILES string of the molecule is CO[C@H]1CN(CC(=O)Nc2ccc(C(C)C)cc2)CC[C@@]12CCCO2. The average molecular weight is 346 g/mol. The highest BCUT2D eigenvalue weighted by atomic mass is 16.5. The van der Waals surface area contributed by atoms with Gasteiger partial charge in [0.25, 0.3) is 0 Å². The number of rotatable bonds is 5. The fourth-order valence-corrected chi connectivity index (χ4v) is 3.96. The molecule has 1 amide bonds. The lowest BCUT2D eigenvalue weighted by molar-refractivity contribution is -0.145. The minimum absolute atomic E-state index is 0.0236. The Bertz CT molecular complexity index is 579. The molecule has 0 unspecified atom stereocenters. The first kappa shape index (κ1) is 18.4. The van der Waals surface area contributed by atoms with E-state index in [1.807, 2.05) is 12.1 Å². The topological polar surface area (TPSA) is 50.8 Å². The Hall–Kier alpha value is -1.43. The Kier molecular flexibility index (Phi) is 5.77. The van der Waals surface area contributed by atoms with E-state index in [2.05, 4.69) is 36.2 Å². The molecule has 0 radical (unpaired) electrons. The number of anilines is 1. The molecule has 2 aliphatic rings. The number of nitrogens with one attached hydrogen (secondary N) is 1. The number of ether oxygens (including phenoxy) is 2. The number of carbonyl (C=O) groups is 1. The zero-order valence-electron chi connectivity index (χ0n) is 15.6. The van der Waals surface area contributed by atoms with Gasteiger partial charge in [0.15, 0.2) is 0 Å². The highest BCUT2D eigenvalue weighted by Crippen LogP contribution is 2.37. The van der Waals surface area contributed by atoms with Gasteiger partial charge in [0, 0.05) is 32.5 Å². The number of methoxy groups -OCH3 is 1. The van der Waals surface area contributed by atoms with Crippen LogP contribution in [-0.2, 0) is 14.3 Å². The van der Waals surface area contributed by atoms with Crippen LogP contribution in [0.3, 0.4) is 0 Å². The second kappa shape index (κ2) is 7.85. The zero-order valence-corrected chi connectivity index (χ0v) is 15.6. The summed E-state index contributed by atoms with van der Waals surface area (Å²) in [5, 5.41) is 3.00. The third kappa shape index (κ3) is 4.22. The Morgan fingerprint density at radius 3 is 2.72 bits per heavy atom. The molecule has 1 aromatic carbocycles. The van der Waals surface area contributed by atoms with Gasteiger partial charge in [-0.2, -0.15) is 0 Å². The van der Waals surface area contributed by atoms with E-state index in [1.54, 1.807) is 7.11 Å². The highest BCUT2D eigenvalue weighted by molar-refractivity contribution is 5.92. The minimum atomic E-state index is -0.131. The van der Waals surface area contributed by atoms with Crippen molar-refractivity contribution in [3.05, 3.63) is 29.8 Å². The molecule has 1 N–H and O–H groups in total. The van der Waals surface area contributed by atoms with Crippen LogP contribution in [0.1, 0.15) is 44.6 Å². The normalized spacial score (nSPS) is 27.1. The lowest BCUT2D eigenvalue weighted by Gasteiger charge is -2.44. The second-order valence-electron chi connectivity index (χ2n) is 7.55. The predicted octanol–water partition coefficient (Wildman–Crippen LogP) is 3.02. The summed E-state index contributed by atoms with van der Waals surface area (Å²) < 4.78 is 11.7. The van der Waals surface area contributed by atoms with Gasteiger partial charge in [0.2, 0.25) is 5.91 Å². The van der Waals surface area contributed by atoms with Crippen LogP contribution >= 0.6 is 0 Å². The molecule has 2 saturated heterocycles. The molecule has 1 spiro atoms. The van der Waals surface area contributed by atoms with E-state index in [9.17, 15) is 4.79 Å². The smallest absolute Gasteiger partial charge is 0.238 e. The number of hydrogen-bond acceptors (Lipinski definition) is 4. The maximum atomic E-state index is 12.4. The summed E-state index contributed by atoms with van der Waals surface area (Å²) in [6.07, 6.45) is 3.14. The van der Waals surface area contributed by atoms with Crippen LogP contribution in [0.4, 0.5) is 5.69 Å². The molecule has 2 fully saturated rings. The Morgan fingerprint density at radius 1 is 1.36 bits per heavy atom. The monoisotopic (exact) mass is 346 g/mol. The van der Waals surface area contributed by atoms with Crippen molar-refractivity contribution >= 4 is 11.6 Å². The number of piperidine rings is 1. The first-order valence-corrected chi connectivity index (χ1v) is 9.31. The van der Waals surface area contributed by atoms with E-state index < -0.39 is 0 Å². The fourth-order valence-electron chi connectivity index (χ4n) is 3.96. The van der Waals surface area contributed by atoms with Crippen LogP contribution in [0.5, 0.6) is 0 Å². The van der Waals surface area contributed by atoms with Gasteiger partial charge >= 0.3 is 0 Å². The second-order valence-corrected chi connectivity index (χ2v) is 7.55. The van der Waals surface area contributed by atoms with Crippen molar-refractivity contribution in [2.75, 3.05) is 38.7 Å². The van der Waals surface area contributed by atoms with Gasteiger partial charge in [-0.1, -0.05) is 26.0 Å². The minimum Gasteiger partial charge on any atom is -0.377 e. The molecule has 3 rings (SSSR count). The summed E-state index contributed by atoms with van der Waals surface area (Å²) in [6.45, 7) is 7.17. The Balaban J connectivity index is 1.53. The van der Waals surface area contributed by atoms with Crippen molar-refractivity contribution in [2.24, 2.45) is 0 Å². The number of carbonyl (C=O) groups excluding carboxylic acids is 1. The zero-order chi connectivity index (χ0) is 17.9. The third-order valence-electron chi connectivity index (χ3n) is 5.51. The lowest BCUT2D eigenvalue weighted by Crippen LogP contribution is -2.57. The van der Waals surface area contributed by atoms with Gasteiger partial charge in [0.1, 0.15) is 0 Å². The van der Waals surface area contributed by atoms with E-state index in [1.165, 1.54) is 5.56 Å². The molecule has 138 valence electrons. The Labute approximate surface area is 150 Å². The summed E-state index contributed by atoms with van der Waals surface area (Å²) >= 11 is 0. The van der Waals surface area contributed by atoms with Crippen molar-refractivity contribution in [3.8, 4) is 0 Å². The van der Waals surface area contributed by atoms with Crippen LogP contribution in [0.15, 0.2) is 24.3 Å². The standard InChI is InChI=1S/C20H30N2O3/c1-15(2)16-5-7-17(8-6-16)21-19(23)14-22-11-10-20(9-4-12-25-20)18(13-22)24-3/h5-8,15,18H,4,9-14H2,1-3H3,(H,21,23)/t18-,20-/m0/s1. The number of nitrogens with zero attached hydrogens (tertiary/aromatic N) is 1. The molecule has 0 aliphatic carbocycles. The van der Waals surface area contributed by atoms with Crippen LogP contribution in [0, 0.1) is 0 Å². The average Bonchev–Trinajstić information content (AvgIpc) is 3.06. The summed E-state index contributed by atoms with van der Waals surface area (Å²) in [4.78, 5) is 14.5. The molecular weight excluding hydrogens is 316 g/mol. The summed E-state index contributed by atoms with van der Waals surface area (Å²) in [5.74, 6) is 0.518. The van der Waals surface area contributed by atoms with Crippen molar-refractivity contribution in [2.45, 2.75) is 50.7 Å². The quantitative estimate of drug-likeness (QED) is 0.890. The van der Waals surface area contributed by atoms with Crippen molar-refractivity contribution < 1.29 is 14.3 Å². The van der Waals surface area contributed by atoms with E-state index in [-0.39, 0.29) is 17.6 Å². The van der Waals surface area contributed by atoms with Crippen molar-refractivity contribution in [3.63, 3.8) is 0 Å². The molecule has 2 heterocycles. The van der Waals surface area contributed by atoms with Gasteiger partial charge in [-0.05, 0) is 42.9 Å². The Morgan fingerprint density at radius 2 is 2.12 bits per heavy atom. The van der Waals surface area contributed by atoms with E-state index >= 15 is 0 Å². The molecule has 5 heteroatoms. The summed E-state index contributed by atoms with van der Waals surface area (Å²) in [7, 11) is 1.74. The van der Waals surface area contributed by atoms with Crippen molar-refractivity contribution in [1.29, 1.82) is 0 Å². The number of amides is 1. The van der Waals surface area contributed by atoms with Crippen LogP contribution in [-0.4, -0.2) is 55.9 Å². The molecule has 5 nitrogen and oxygen atoms in total. The van der Waals surface area contributed by atoms with E-state index in [0.717, 1.165) is 44.6 Å². The molecule has 0 bridgehead atoms. The molecule has 0 saturated carbocycles. The van der Waals surface area contributed by atoms with Gasteiger partial charge in [-0.15, -0.1) is 0 Å². The molecule has 1 aromatic rings. The number of benzene rings is 1. The van der Waals surface area contributed by atoms with Crippen LogP contribution in [0.2, 0.25) is 0 Å². The van der Waals surface area contributed by atoms with Crippen LogP contribution in [0.25, 0.3) is 0 Å². The van der Waals surface area contributed by atoms with Gasteiger partial charge < -0.3 is 14.8 Å². The lowest BCUT2D eigenvalue weighted by atomic mass is 9.86. The molecule has 0 aromatic heterocycles. The largest absolute Gasteiger partial charge is 0.377 e. The number of hydrogen-bond donors (Lipinski definition) is 1. The van der Waals surface area contributed by atoms with E-state index in [4.69, 9.17) is 9.47 Å². The summed E-state index contributed by atoms with van der Waals surface area (Å²) in [5.41, 5.74) is 2.00. The summed E-state index contributed by atoms with van der Waals surface area (Å²) in [6, 6.07) is 8.10. The number of likely N-dealkylation sites (tertiary alicyclic amines) is 1. The maximum absolute atomic E-state index is 12.4. The first-order chi connectivity index (χ1) is 12.0. The maximum Gasteiger partial charge on any atom is 0.238 e. The van der Waals surface area contributed by atoms with Crippen molar-refractivity contribution in [1.82, 2.24) is 4.90 Å². The first-order valence-electron chi connectivity index (χ1n) is 9.31. The van der Waals surface area contributed by atoms with Gasteiger partial charge in [-0.3, -0.25) is 9.69 Å². The third-order valence-corrected chi connectivity index (χ3v) is 5.51. The fraction of sp³-hybridized carbons (Fsp3) is 0.650. The van der Waals surface area contributed by atoms with E-state index in [0.29, 0.717) is 12.5 Å². The van der Waals surface area contributed by atoms with Crippen LogP contribution < -0.4 is 5.32 Å².